The van der Waals surface area contributed by atoms with Gasteiger partial charge in [0.05, 0.1) is 6.33 Å². The van der Waals surface area contributed by atoms with E-state index in [0.717, 1.165) is 35.7 Å². The number of hydrogen-bond acceptors (Lipinski definition) is 6. The fraction of sp³-hybridized carbons (Fsp3) is 0.312. The Kier molecular flexibility index (Phi) is 4.27. The first-order valence-corrected chi connectivity index (χ1v) is 7.66. The predicted octanol–water partition coefficient (Wildman–Crippen LogP) is 2.98. The van der Waals surface area contributed by atoms with Gasteiger partial charge in [-0.1, -0.05) is 13.0 Å². The van der Waals surface area contributed by atoms with Crippen LogP contribution in [0.4, 0.5) is 23.1 Å². The number of aromatic nitrogens is 4. The van der Waals surface area contributed by atoms with Crippen molar-refractivity contribution in [3.8, 4) is 0 Å². The normalized spacial score (nSPS) is 10.7. The summed E-state index contributed by atoms with van der Waals surface area (Å²) in [5.74, 6) is 1.29. The van der Waals surface area contributed by atoms with Gasteiger partial charge in [-0.15, -0.1) is 0 Å². The monoisotopic (exact) mass is 311 g/mol. The smallest absolute Gasteiger partial charge is 0.231 e. The van der Waals surface area contributed by atoms with Crippen LogP contribution in [0.1, 0.15) is 13.3 Å². The molecule has 7 heteroatoms. The van der Waals surface area contributed by atoms with Crippen LogP contribution in [0.2, 0.25) is 0 Å². The molecule has 0 radical (unpaired) electrons. The number of rotatable bonds is 6. The van der Waals surface area contributed by atoms with Gasteiger partial charge in [0.25, 0.3) is 0 Å². The van der Waals surface area contributed by atoms with Crippen molar-refractivity contribution in [2.45, 2.75) is 13.3 Å². The lowest BCUT2D eigenvalue weighted by molar-refractivity contribution is 0.969. The third-order valence-electron chi connectivity index (χ3n) is 3.45. The number of hydrogen-bond donors (Lipinski definition) is 3. The summed E-state index contributed by atoms with van der Waals surface area (Å²) in [5, 5.41) is 6.56. The van der Waals surface area contributed by atoms with Crippen molar-refractivity contribution in [2.24, 2.45) is 0 Å². The van der Waals surface area contributed by atoms with Gasteiger partial charge in [0.1, 0.15) is 5.52 Å². The molecule has 3 aromatic rings. The minimum atomic E-state index is 0.527. The molecule has 0 spiro atoms. The van der Waals surface area contributed by atoms with E-state index in [9.17, 15) is 0 Å². The average molecular weight is 311 g/mol. The molecular formula is C16H21N7. The highest BCUT2D eigenvalue weighted by Crippen LogP contribution is 2.23. The van der Waals surface area contributed by atoms with Gasteiger partial charge in [-0.05, 0) is 24.6 Å². The molecule has 0 unspecified atom stereocenters. The van der Waals surface area contributed by atoms with Crippen LogP contribution in [0.3, 0.4) is 0 Å². The van der Waals surface area contributed by atoms with E-state index in [1.807, 2.05) is 26.2 Å². The molecule has 0 saturated heterocycles. The molecule has 0 aliphatic heterocycles. The average Bonchev–Trinajstić information content (AvgIpc) is 3.01. The standard InChI is InChI=1S/C16H21N7/c1-4-8-17-14-13-15(19-10-18-13)22-16(21-14)20-11-6-5-7-12(9-11)23(2)3/h5-7,9-10H,4,8H2,1-3H3,(H3,17,18,19,20,21,22). The van der Waals surface area contributed by atoms with E-state index in [0.29, 0.717) is 11.6 Å². The maximum atomic E-state index is 4.56. The second-order valence-electron chi connectivity index (χ2n) is 5.49. The van der Waals surface area contributed by atoms with E-state index in [4.69, 9.17) is 0 Å². The molecule has 0 amide bonds. The van der Waals surface area contributed by atoms with Crippen LogP contribution in [-0.2, 0) is 0 Å². The Balaban J connectivity index is 1.91. The number of aromatic amines is 1. The third kappa shape index (κ3) is 3.33. The van der Waals surface area contributed by atoms with E-state index >= 15 is 0 Å². The Morgan fingerprint density at radius 3 is 2.87 bits per heavy atom. The first-order chi connectivity index (χ1) is 11.2. The van der Waals surface area contributed by atoms with Gasteiger partial charge in [-0.3, -0.25) is 0 Å². The van der Waals surface area contributed by atoms with Crippen molar-refractivity contribution < 1.29 is 0 Å². The molecule has 0 aliphatic carbocycles. The topological polar surface area (TPSA) is 81.8 Å². The number of fused-ring (bicyclic) bond motifs is 1. The second-order valence-corrected chi connectivity index (χ2v) is 5.49. The molecule has 3 rings (SSSR count). The van der Waals surface area contributed by atoms with Crippen molar-refractivity contribution in [1.82, 2.24) is 19.9 Å². The van der Waals surface area contributed by atoms with Gasteiger partial charge in [0.15, 0.2) is 11.5 Å². The summed E-state index contributed by atoms with van der Waals surface area (Å²) < 4.78 is 0. The summed E-state index contributed by atoms with van der Waals surface area (Å²) in [6.07, 6.45) is 2.65. The SMILES string of the molecule is CCCNc1nc(Nc2cccc(N(C)C)c2)nc2nc[nH]c12. The zero-order valence-electron chi connectivity index (χ0n) is 13.6. The number of imidazole rings is 1. The van der Waals surface area contributed by atoms with Gasteiger partial charge >= 0.3 is 0 Å². The Bertz CT molecular complexity index is 794. The Hall–Kier alpha value is -2.83. The number of benzene rings is 1. The van der Waals surface area contributed by atoms with Gasteiger partial charge < -0.3 is 20.5 Å². The third-order valence-corrected chi connectivity index (χ3v) is 3.45. The summed E-state index contributed by atoms with van der Waals surface area (Å²) in [7, 11) is 4.02. The van der Waals surface area contributed by atoms with Crippen molar-refractivity contribution in [1.29, 1.82) is 0 Å². The minimum absolute atomic E-state index is 0.527. The number of nitrogens with zero attached hydrogens (tertiary/aromatic N) is 4. The molecule has 23 heavy (non-hydrogen) atoms. The molecule has 3 N–H and O–H groups in total. The lowest BCUT2D eigenvalue weighted by Crippen LogP contribution is -2.09. The first kappa shape index (κ1) is 15.1. The molecule has 2 aromatic heterocycles. The fourth-order valence-corrected chi connectivity index (χ4v) is 2.25. The van der Waals surface area contributed by atoms with Crippen molar-refractivity contribution in [3.63, 3.8) is 0 Å². The quantitative estimate of drug-likeness (QED) is 0.649. The van der Waals surface area contributed by atoms with E-state index in [1.165, 1.54) is 0 Å². The Morgan fingerprint density at radius 2 is 2.09 bits per heavy atom. The van der Waals surface area contributed by atoms with Crippen molar-refractivity contribution in [3.05, 3.63) is 30.6 Å². The first-order valence-electron chi connectivity index (χ1n) is 7.66. The van der Waals surface area contributed by atoms with Crippen molar-refractivity contribution in [2.75, 3.05) is 36.2 Å². The molecule has 1 aromatic carbocycles. The zero-order chi connectivity index (χ0) is 16.2. The predicted molar refractivity (Wildman–Crippen MR) is 94.5 cm³/mol. The molecule has 0 bridgehead atoms. The highest BCUT2D eigenvalue weighted by atomic mass is 15.2. The summed E-state index contributed by atoms with van der Waals surface area (Å²) in [6, 6.07) is 8.10. The molecule has 120 valence electrons. The van der Waals surface area contributed by atoms with Crippen LogP contribution in [0.25, 0.3) is 11.2 Å². The van der Waals surface area contributed by atoms with Gasteiger partial charge in [0.2, 0.25) is 5.95 Å². The highest BCUT2D eigenvalue weighted by Gasteiger charge is 2.10. The van der Waals surface area contributed by atoms with Crippen LogP contribution in [-0.4, -0.2) is 40.6 Å². The van der Waals surface area contributed by atoms with Gasteiger partial charge in [-0.25, -0.2) is 4.98 Å². The van der Waals surface area contributed by atoms with Crippen LogP contribution >= 0.6 is 0 Å². The Labute approximate surface area is 135 Å². The van der Waals surface area contributed by atoms with E-state index in [-0.39, 0.29) is 0 Å². The Morgan fingerprint density at radius 1 is 1.22 bits per heavy atom. The van der Waals surface area contributed by atoms with E-state index < -0.39 is 0 Å². The minimum Gasteiger partial charge on any atom is -0.378 e. The largest absolute Gasteiger partial charge is 0.378 e. The fourth-order valence-electron chi connectivity index (χ4n) is 2.25. The van der Waals surface area contributed by atoms with Gasteiger partial charge in [0, 0.05) is 32.0 Å². The van der Waals surface area contributed by atoms with Gasteiger partial charge in [-0.2, -0.15) is 9.97 Å². The molecular weight excluding hydrogens is 290 g/mol. The second kappa shape index (κ2) is 6.51. The lowest BCUT2D eigenvalue weighted by atomic mass is 10.2. The highest BCUT2D eigenvalue weighted by molar-refractivity contribution is 5.84. The molecule has 2 heterocycles. The number of anilines is 4. The van der Waals surface area contributed by atoms with E-state index in [2.05, 4.69) is 54.5 Å². The summed E-state index contributed by atoms with van der Waals surface area (Å²) in [5.41, 5.74) is 3.52. The summed E-state index contributed by atoms with van der Waals surface area (Å²) in [4.78, 5) is 18.4. The zero-order valence-corrected chi connectivity index (χ0v) is 13.6. The van der Waals surface area contributed by atoms with Crippen LogP contribution in [0, 0.1) is 0 Å². The molecule has 0 atom stereocenters. The number of H-pyrrole nitrogens is 1. The molecule has 7 nitrogen and oxygen atoms in total. The van der Waals surface area contributed by atoms with Crippen LogP contribution in [0.5, 0.6) is 0 Å². The molecule has 0 aliphatic rings. The summed E-state index contributed by atoms with van der Waals surface area (Å²) >= 11 is 0. The lowest BCUT2D eigenvalue weighted by Gasteiger charge is -2.14. The van der Waals surface area contributed by atoms with Crippen LogP contribution in [0.15, 0.2) is 30.6 Å². The summed E-state index contributed by atoms with van der Waals surface area (Å²) in [6.45, 7) is 2.96. The maximum Gasteiger partial charge on any atom is 0.231 e. The number of nitrogens with one attached hydrogen (secondary N) is 3. The molecule has 0 fully saturated rings. The molecule has 0 saturated carbocycles. The maximum absolute atomic E-state index is 4.56. The van der Waals surface area contributed by atoms with E-state index in [1.54, 1.807) is 6.33 Å². The van der Waals surface area contributed by atoms with Crippen molar-refractivity contribution >= 4 is 34.3 Å². The van der Waals surface area contributed by atoms with Crippen LogP contribution < -0.4 is 15.5 Å².